The van der Waals surface area contributed by atoms with Crippen molar-refractivity contribution >= 4 is 66.7 Å². The van der Waals surface area contributed by atoms with Gasteiger partial charge in [-0.15, -0.1) is 0 Å². The van der Waals surface area contributed by atoms with E-state index in [0.29, 0.717) is 5.92 Å². The molecule has 1 fully saturated rings. The third-order valence-corrected chi connectivity index (χ3v) is 10.0. The van der Waals surface area contributed by atoms with Gasteiger partial charge in [0.05, 0.1) is 0 Å². The smallest absolute Gasteiger partial charge is 0.0168 e. The Bertz CT molecular complexity index is 1350. The average molecular weight is 672 g/mol. The first-order chi connectivity index (χ1) is 16.2. The monoisotopic (exact) mass is 672 g/mol. The van der Waals surface area contributed by atoms with Crippen molar-refractivity contribution in [1.82, 2.24) is 0 Å². The Kier molecular flexibility index (Phi) is 7.02. The van der Waals surface area contributed by atoms with Crippen LogP contribution in [0.2, 0.25) is 0 Å². The van der Waals surface area contributed by atoms with Gasteiger partial charge in [-0.2, -0.15) is 0 Å². The molecule has 1 aliphatic carbocycles. The van der Waals surface area contributed by atoms with Crippen LogP contribution in [0, 0.1) is 20.0 Å². The van der Waals surface area contributed by atoms with Crippen molar-refractivity contribution in [1.29, 1.82) is 0 Å². The van der Waals surface area contributed by atoms with Crippen LogP contribution >= 0.6 is 45.2 Å². The molecule has 4 aromatic carbocycles. The summed E-state index contributed by atoms with van der Waals surface area (Å²) in [7, 11) is 0. The lowest BCUT2D eigenvalue weighted by Gasteiger charge is -2.30. The molecule has 0 aromatic heterocycles. The van der Waals surface area contributed by atoms with Crippen LogP contribution in [0.25, 0.3) is 21.5 Å². The third-order valence-electron chi connectivity index (χ3n) is 7.84. The highest BCUT2D eigenvalue weighted by Crippen LogP contribution is 2.41. The summed E-state index contributed by atoms with van der Waals surface area (Å²) in [5.74, 6) is 1.49. The summed E-state index contributed by atoms with van der Waals surface area (Å²) in [4.78, 5) is 0. The standard InChI is InChI=1S/C32H34I2/c1-20-15-23-7-5-9-26(27(23)18-30(20)33)22-13-11-21(12-14-22)16-25-17-24-8-6-10-29(32(2,3)4)28(24)19-31(25)34/h5-10,15,17-19,21-22H,11-14,16H2,1-4H3. The minimum absolute atomic E-state index is 0.168. The lowest BCUT2D eigenvalue weighted by Crippen LogP contribution is -2.16. The van der Waals surface area contributed by atoms with Gasteiger partial charge < -0.3 is 0 Å². The Balaban J connectivity index is 1.34. The van der Waals surface area contributed by atoms with Crippen LogP contribution < -0.4 is 0 Å². The van der Waals surface area contributed by atoms with Crippen LogP contribution in [0.4, 0.5) is 0 Å². The fourth-order valence-corrected chi connectivity index (χ4v) is 7.09. The molecule has 34 heavy (non-hydrogen) atoms. The molecule has 0 radical (unpaired) electrons. The Morgan fingerprint density at radius 3 is 2.12 bits per heavy atom. The normalized spacial score (nSPS) is 19.1. The van der Waals surface area contributed by atoms with Gasteiger partial charge in [-0.25, -0.2) is 0 Å². The maximum atomic E-state index is 2.58. The van der Waals surface area contributed by atoms with Gasteiger partial charge in [0.1, 0.15) is 0 Å². The maximum Gasteiger partial charge on any atom is 0.0168 e. The predicted molar refractivity (Wildman–Crippen MR) is 165 cm³/mol. The molecular weight excluding hydrogens is 638 g/mol. The third kappa shape index (κ3) is 4.91. The molecule has 4 aromatic rings. The molecule has 5 rings (SSSR count). The Hall–Kier alpha value is -1.14. The summed E-state index contributed by atoms with van der Waals surface area (Å²) < 4.78 is 2.81. The van der Waals surface area contributed by atoms with Crippen LogP contribution in [-0.2, 0) is 11.8 Å². The van der Waals surface area contributed by atoms with E-state index in [2.05, 4.69) is 134 Å². The molecule has 0 saturated heterocycles. The zero-order chi connectivity index (χ0) is 24.0. The van der Waals surface area contributed by atoms with Crippen molar-refractivity contribution in [3.8, 4) is 0 Å². The van der Waals surface area contributed by atoms with Gasteiger partial charge in [0.25, 0.3) is 0 Å². The fraction of sp³-hybridized carbons (Fsp3) is 0.375. The highest BCUT2D eigenvalue weighted by molar-refractivity contribution is 14.1. The van der Waals surface area contributed by atoms with Gasteiger partial charge in [-0.1, -0.05) is 69.3 Å². The molecule has 0 N–H and O–H groups in total. The summed E-state index contributed by atoms with van der Waals surface area (Å²) in [6.45, 7) is 9.17. The van der Waals surface area contributed by atoms with Gasteiger partial charge in [0, 0.05) is 7.14 Å². The number of halogens is 2. The molecule has 2 heteroatoms. The summed E-state index contributed by atoms with van der Waals surface area (Å²) in [5.41, 5.74) is 6.12. The van der Waals surface area contributed by atoms with Crippen molar-refractivity contribution in [2.24, 2.45) is 5.92 Å². The molecule has 1 saturated carbocycles. The number of hydrogen-bond donors (Lipinski definition) is 0. The van der Waals surface area contributed by atoms with Crippen LogP contribution in [-0.4, -0.2) is 0 Å². The van der Waals surface area contributed by atoms with Crippen LogP contribution in [0.15, 0.2) is 60.7 Å². The molecule has 1 aliphatic rings. The molecule has 0 heterocycles. The lowest BCUT2D eigenvalue weighted by molar-refractivity contribution is 0.325. The predicted octanol–water partition coefficient (Wildman–Crippen LogP) is 10.3. The molecular formula is C32H34I2. The van der Waals surface area contributed by atoms with E-state index in [1.807, 2.05) is 0 Å². The van der Waals surface area contributed by atoms with Crippen molar-refractivity contribution in [2.75, 3.05) is 0 Å². The molecule has 0 unspecified atom stereocenters. The molecule has 0 atom stereocenters. The first-order valence-electron chi connectivity index (χ1n) is 12.6. The number of benzene rings is 4. The van der Waals surface area contributed by atoms with Crippen molar-refractivity contribution in [3.63, 3.8) is 0 Å². The quantitative estimate of drug-likeness (QED) is 0.190. The van der Waals surface area contributed by atoms with Crippen molar-refractivity contribution in [3.05, 3.63) is 90.1 Å². The van der Waals surface area contributed by atoms with Gasteiger partial charge in [-0.3, -0.25) is 0 Å². The number of rotatable bonds is 3. The van der Waals surface area contributed by atoms with Gasteiger partial charge >= 0.3 is 0 Å². The molecule has 0 amide bonds. The van der Waals surface area contributed by atoms with Crippen LogP contribution in [0.3, 0.4) is 0 Å². The fourth-order valence-electron chi connectivity index (χ4n) is 5.94. The van der Waals surface area contributed by atoms with E-state index in [-0.39, 0.29) is 5.41 Å². The molecule has 0 nitrogen and oxygen atoms in total. The minimum Gasteiger partial charge on any atom is -0.0613 e. The van der Waals surface area contributed by atoms with E-state index < -0.39 is 0 Å². The zero-order valence-electron chi connectivity index (χ0n) is 20.7. The van der Waals surface area contributed by atoms with Gasteiger partial charge in [-0.05, 0) is 157 Å². The summed E-state index contributed by atoms with van der Waals surface area (Å²) in [6.07, 6.45) is 6.51. The van der Waals surface area contributed by atoms with E-state index >= 15 is 0 Å². The number of fused-ring (bicyclic) bond motifs is 2. The SMILES string of the molecule is Cc1cc2cccc(C3CCC(Cc4cc5cccc(C(C)(C)C)c5cc4I)CC3)c2cc1I. The largest absolute Gasteiger partial charge is 0.0613 e. The summed E-state index contributed by atoms with van der Waals surface area (Å²) in [5, 5.41) is 5.70. The number of aryl methyl sites for hydroxylation is 1. The summed E-state index contributed by atoms with van der Waals surface area (Å²) in [6, 6.07) is 23.5. The summed E-state index contributed by atoms with van der Waals surface area (Å²) >= 11 is 5.07. The zero-order valence-corrected chi connectivity index (χ0v) is 25.0. The van der Waals surface area contributed by atoms with E-state index in [4.69, 9.17) is 0 Å². The Morgan fingerprint density at radius 1 is 0.765 bits per heavy atom. The second-order valence-electron chi connectivity index (χ2n) is 11.3. The first kappa shape index (κ1) is 24.5. The highest BCUT2D eigenvalue weighted by atomic mass is 127. The number of hydrogen-bond acceptors (Lipinski definition) is 0. The van der Waals surface area contributed by atoms with Crippen molar-refractivity contribution < 1.29 is 0 Å². The second-order valence-corrected chi connectivity index (χ2v) is 13.6. The Labute approximate surface area is 232 Å². The first-order valence-corrected chi connectivity index (χ1v) is 14.8. The van der Waals surface area contributed by atoms with Gasteiger partial charge in [0.15, 0.2) is 0 Å². The van der Waals surface area contributed by atoms with E-state index in [1.54, 1.807) is 5.56 Å². The molecule has 0 spiro atoms. The van der Waals surface area contributed by atoms with E-state index in [9.17, 15) is 0 Å². The topological polar surface area (TPSA) is 0 Å². The van der Waals surface area contributed by atoms with E-state index in [0.717, 1.165) is 5.92 Å². The molecule has 0 aliphatic heterocycles. The van der Waals surface area contributed by atoms with Crippen LogP contribution in [0.5, 0.6) is 0 Å². The molecule has 0 bridgehead atoms. The van der Waals surface area contributed by atoms with Gasteiger partial charge in [0.2, 0.25) is 0 Å². The lowest BCUT2D eigenvalue weighted by atomic mass is 9.75. The minimum atomic E-state index is 0.168. The van der Waals surface area contributed by atoms with Crippen LogP contribution in [0.1, 0.15) is 74.6 Å². The Morgan fingerprint density at radius 2 is 1.41 bits per heavy atom. The van der Waals surface area contributed by atoms with Crippen molar-refractivity contribution in [2.45, 2.75) is 71.1 Å². The second kappa shape index (κ2) is 9.72. The van der Waals surface area contributed by atoms with E-state index in [1.165, 1.54) is 77.5 Å². The highest BCUT2D eigenvalue weighted by Gasteiger charge is 2.25. The average Bonchev–Trinajstić information content (AvgIpc) is 2.79. The maximum absolute atomic E-state index is 2.58. The molecule has 176 valence electrons.